The van der Waals surface area contributed by atoms with Gasteiger partial charge in [0.05, 0.1) is 6.04 Å². The third-order valence-corrected chi connectivity index (χ3v) is 3.53. The van der Waals surface area contributed by atoms with Crippen molar-refractivity contribution in [2.24, 2.45) is 0 Å². The Kier molecular flexibility index (Phi) is 4.12. The maximum absolute atomic E-state index is 4.22. The van der Waals surface area contributed by atoms with Gasteiger partial charge in [0.15, 0.2) is 0 Å². The lowest BCUT2D eigenvalue weighted by atomic mass is 9.97. The summed E-state index contributed by atoms with van der Waals surface area (Å²) in [5.74, 6) is 0. The number of pyridine rings is 1. The monoisotopic (exact) mass is 338 g/mol. The van der Waals surface area contributed by atoms with Crippen molar-refractivity contribution in [2.75, 3.05) is 7.05 Å². The van der Waals surface area contributed by atoms with Crippen molar-refractivity contribution in [3.8, 4) is 0 Å². The molecule has 1 unspecified atom stereocenters. The van der Waals surface area contributed by atoms with Crippen LogP contribution in [0.2, 0.25) is 0 Å². The van der Waals surface area contributed by atoms with Gasteiger partial charge in [-0.25, -0.2) is 0 Å². The number of nitrogens with zero attached hydrogens (tertiary/aromatic N) is 1. The normalized spacial score (nSPS) is 12.4. The Hall–Kier alpha value is -0.940. The molecular formula is C14H15IN2. The van der Waals surface area contributed by atoms with Crippen molar-refractivity contribution < 1.29 is 0 Å². The topological polar surface area (TPSA) is 24.9 Å². The van der Waals surface area contributed by atoms with Crippen LogP contribution in [-0.2, 0) is 0 Å². The minimum absolute atomic E-state index is 0.207. The molecule has 0 radical (unpaired) electrons. The average molecular weight is 338 g/mol. The fraction of sp³-hybridized carbons (Fsp3) is 0.214. The SMILES string of the molecule is CNC(c1cccc(I)c1)c1cnccc1C. The molecule has 1 aromatic heterocycles. The number of benzene rings is 1. The molecule has 1 atom stereocenters. The van der Waals surface area contributed by atoms with Crippen molar-refractivity contribution in [2.45, 2.75) is 13.0 Å². The largest absolute Gasteiger partial charge is 0.309 e. The lowest BCUT2D eigenvalue weighted by Crippen LogP contribution is -2.19. The first kappa shape index (κ1) is 12.5. The van der Waals surface area contributed by atoms with Crippen LogP contribution in [0.15, 0.2) is 42.7 Å². The van der Waals surface area contributed by atoms with Crippen LogP contribution in [0.5, 0.6) is 0 Å². The lowest BCUT2D eigenvalue weighted by molar-refractivity contribution is 0.684. The van der Waals surface area contributed by atoms with Gasteiger partial charge in [-0.2, -0.15) is 0 Å². The number of halogens is 1. The third-order valence-electron chi connectivity index (χ3n) is 2.86. The Balaban J connectivity index is 2.44. The van der Waals surface area contributed by atoms with E-state index in [1.807, 2.05) is 25.5 Å². The highest BCUT2D eigenvalue weighted by Crippen LogP contribution is 2.24. The standard InChI is InChI=1S/C14H15IN2/c1-10-6-7-17-9-13(10)14(16-2)11-4-3-5-12(15)8-11/h3-9,14,16H,1-2H3. The maximum atomic E-state index is 4.22. The van der Waals surface area contributed by atoms with Gasteiger partial charge in [0, 0.05) is 16.0 Å². The van der Waals surface area contributed by atoms with Crippen molar-refractivity contribution in [3.63, 3.8) is 0 Å². The number of nitrogens with one attached hydrogen (secondary N) is 1. The fourth-order valence-corrected chi connectivity index (χ4v) is 2.53. The summed E-state index contributed by atoms with van der Waals surface area (Å²) in [6.45, 7) is 2.12. The summed E-state index contributed by atoms with van der Waals surface area (Å²) < 4.78 is 1.25. The quantitative estimate of drug-likeness (QED) is 0.869. The van der Waals surface area contributed by atoms with Crippen molar-refractivity contribution in [1.82, 2.24) is 10.3 Å². The second-order valence-electron chi connectivity index (χ2n) is 4.01. The van der Waals surface area contributed by atoms with Gasteiger partial charge in [0.1, 0.15) is 0 Å². The van der Waals surface area contributed by atoms with Gasteiger partial charge in [-0.05, 0) is 71.5 Å². The van der Waals surface area contributed by atoms with E-state index in [1.165, 1.54) is 20.3 Å². The zero-order valence-electron chi connectivity index (χ0n) is 9.94. The molecule has 17 heavy (non-hydrogen) atoms. The third kappa shape index (κ3) is 2.84. The Morgan fingerprint density at radius 3 is 2.76 bits per heavy atom. The Morgan fingerprint density at radius 2 is 2.12 bits per heavy atom. The van der Waals surface area contributed by atoms with Crippen molar-refractivity contribution in [1.29, 1.82) is 0 Å². The summed E-state index contributed by atoms with van der Waals surface area (Å²) >= 11 is 2.34. The van der Waals surface area contributed by atoms with Crippen LogP contribution in [0, 0.1) is 10.5 Å². The smallest absolute Gasteiger partial charge is 0.0592 e. The van der Waals surface area contributed by atoms with Gasteiger partial charge >= 0.3 is 0 Å². The minimum atomic E-state index is 0.207. The molecule has 0 fully saturated rings. The fourth-order valence-electron chi connectivity index (χ4n) is 1.97. The molecule has 2 aromatic rings. The molecule has 0 aliphatic rings. The highest BCUT2D eigenvalue weighted by atomic mass is 127. The van der Waals surface area contributed by atoms with Crippen LogP contribution in [0.4, 0.5) is 0 Å². The highest BCUT2D eigenvalue weighted by molar-refractivity contribution is 14.1. The van der Waals surface area contributed by atoms with Crippen LogP contribution in [-0.4, -0.2) is 12.0 Å². The van der Waals surface area contributed by atoms with E-state index in [1.54, 1.807) is 0 Å². The zero-order chi connectivity index (χ0) is 12.3. The van der Waals surface area contributed by atoms with Crippen LogP contribution in [0.3, 0.4) is 0 Å². The molecule has 0 bridgehead atoms. The van der Waals surface area contributed by atoms with Crippen LogP contribution >= 0.6 is 22.6 Å². The van der Waals surface area contributed by atoms with E-state index < -0.39 is 0 Å². The predicted molar refractivity (Wildman–Crippen MR) is 79.0 cm³/mol. The number of rotatable bonds is 3. The van der Waals surface area contributed by atoms with E-state index in [2.05, 4.69) is 64.1 Å². The second kappa shape index (κ2) is 5.60. The molecule has 0 saturated heterocycles. The second-order valence-corrected chi connectivity index (χ2v) is 5.25. The van der Waals surface area contributed by atoms with Gasteiger partial charge in [0.25, 0.3) is 0 Å². The van der Waals surface area contributed by atoms with Gasteiger partial charge < -0.3 is 5.32 Å². The highest BCUT2D eigenvalue weighted by Gasteiger charge is 2.14. The molecule has 0 aliphatic heterocycles. The van der Waals surface area contributed by atoms with E-state index in [9.17, 15) is 0 Å². The summed E-state index contributed by atoms with van der Waals surface area (Å²) in [6, 6.07) is 10.8. The van der Waals surface area contributed by atoms with Crippen LogP contribution in [0.1, 0.15) is 22.7 Å². The number of aryl methyl sites for hydroxylation is 1. The van der Waals surface area contributed by atoms with Gasteiger partial charge in [-0.1, -0.05) is 12.1 Å². The summed E-state index contributed by atoms with van der Waals surface area (Å²) in [5, 5.41) is 3.36. The molecule has 3 heteroatoms. The molecule has 0 saturated carbocycles. The summed E-state index contributed by atoms with van der Waals surface area (Å²) in [4.78, 5) is 4.22. The Morgan fingerprint density at radius 1 is 1.29 bits per heavy atom. The van der Waals surface area contributed by atoms with E-state index in [0.29, 0.717) is 0 Å². The molecule has 0 amide bonds. The Bertz CT molecular complexity index is 511. The Labute approximate surface area is 116 Å². The van der Waals surface area contributed by atoms with Crippen LogP contribution < -0.4 is 5.32 Å². The summed E-state index contributed by atoms with van der Waals surface area (Å²) in [7, 11) is 1.98. The molecule has 1 N–H and O–H groups in total. The molecule has 2 nitrogen and oxygen atoms in total. The maximum Gasteiger partial charge on any atom is 0.0592 e. The first-order chi connectivity index (χ1) is 8.22. The zero-order valence-corrected chi connectivity index (χ0v) is 12.1. The number of hydrogen-bond acceptors (Lipinski definition) is 2. The van der Waals surface area contributed by atoms with Crippen molar-refractivity contribution >= 4 is 22.6 Å². The lowest BCUT2D eigenvalue weighted by Gasteiger charge is -2.19. The number of hydrogen-bond donors (Lipinski definition) is 1. The van der Waals surface area contributed by atoms with Gasteiger partial charge in [0.2, 0.25) is 0 Å². The van der Waals surface area contributed by atoms with Crippen LogP contribution in [0.25, 0.3) is 0 Å². The molecular weight excluding hydrogens is 323 g/mol. The van der Waals surface area contributed by atoms with Crippen molar-refractivity contribution in [3.05, 3.63) is 63.0 Å². The molecule has 0 aliphatic carbocycles. The van der Waals surface area contributed by atoms with E-state index in [4.69, 9.17) is 0 Å². The van der Waals surface area contributed by atoms with E-state index in [0.717, 1.165) is 0 Å². The molecule has 88 valence electrons. The number of aromatic nitrogens is 1. The molecule has 1 aromatic carbocycles. The first-order valence-electron chi connectivity index (χ1n) is 5.55. The van der Waals surface area contributed by atoms with E-state index >= 15 is 0 Å². The average Bonchev–Trinajstić information content (AvgIpc) is 2.33. The summed E-state index contributed by atoms with van der Waals surface area (Å²) in [5.41, 5.74) is 3.77. The van der Waals surface area contributed by atoms with Gasteiger partial charge in [-0.15, -0.1) is 0 Å². The van der Waals surface area contributed by atoms with Gasteiger partial charge in [-0.3, -0.25) is 4.98 Å². The predicted octanol–water partition coefficient (Wildman–Crippen LogP) is 3.30. The molecule has 2 rings (SSSR count). The summed E-state index contributed by atoms with van der Waals surface area (Å²) in [6.07, 6.45) is 3.77. The molecule has 0 spiro atoms. The minimum Gasteiger partial charge on any atom is -0.309 e. The first-order valence-corrected chi connectivity index (χ1v) is 6.63. The van der Waals surface area contributed by atoms with E-state index in [-0.39, 0.29) is 6.04 Å². The molecule has 1 heterocycles.